The highest BCUT2D eigenvalue weighted by atomic mass is 127. The quantitative estimate of drug-likeness (QED) is 0.144. The minimum Gasteiger partial charge on any atom is -0.491 e. The lowest BCUT2D eigenvalue weighted by Gasteiger charge is -2.15. The molecule has 0 saturated carbocycles. The fraction of sp³-hybridized carbons (Fsp3) is 0.417. The van der Waals surface area contributed by atoms with Crippen LogP contribution in [0.25, 0.3) is 11.0 Å². The van der Waals surface area contributed by atoms with E-state index in [0.717, 1.165) is 53.5 Å². The van der Waals surface area contributed by atoms with Gasteiger partial charge in [0.15, 0.2) is 5.96 Å². The van der Waals surface area contributed by atoms with Crippen LogP contribution in [0.1, 0.15) is 30.3 Å². The number of benzene rings is 2. The van der Waals surface area contributed by atoms with E-state index in [9.17, 15) is 0 Å². The van der Waals surface area contributed by atoms with Crippen LogP contribution in [0.5, 0.6) is 5.75 Å². The van der Waals surface area contributed by atoms with Crippen molar-refractivity contribution >= 4 is 41.0 Å². The first-order valence-electron chi connectivity index (χ1n) is 10.9. The first-order valence-corrected chi connectivity index (χ1v) is 10.9. The van der Waals surface area contributed by atoms with Crippen molar-refractivity contribution < 1.29 is 9.47 Å². The minimum atomic E-state index is 0. The van der Waals surface area contributed by atoms with Gasteiger partial charge in [-0.15, -0.1) is 24.0 Å². The van der Waals surface area contributed by atoms with Crippen molar-refractivity contribution in [3.05, 3.63) is 59.4 Å². The Hall–Kier alpha value is -2.33. The summed E-state index contributed by atoms with van der Waals surface area (Å²) in [4.78, 5) is 12.3. The number of aliphatic imine (C=N–C) groups is 1. The number of aromatic nitrogens is 2. The van der Waals surface area contributed by atoms with Gasteiger partial charge in [0, 0.05) is 38.7 Å². The number of halogens is 1. The van der Waals surface area contributed by atoms with E-state index in [2.05, 4.69) is 56.8 Å². The Morgan fingerprint density at radius 2 is 1.97 bits per heavy atom. The second-order valence-corrected chi connectivity index (χ2v) is 7.31. The van der Waals surface area contributed by atoms with Gasteiger partial charge in [0.25, 0.3) is 0 Å². The van der Waals surface area contributed by atoms with E-state index in [-0.39, 0.29) is 24.0 Å². The molecule has 7 nitrogen and oxygen atoms in total. The molecule has 32 heavy (non-hydrogen) atoms. The van der Waals surface area contributed by atoms with Crippen LogP contribution in [-0.2, 0) is 17.7 Å². The van der Waals surface area contributed by atoms with E-state index >= 15 is 0 Å². The Bertz CT molecular complexity index is 956. The lowest BCUT2D eigenvalue weighted by molar-refractivity contribution is 0.110. The molecule has 0 amide bonds. The first kappa shape index (κ1) is 25.9. The molecule has 8 heteroatoms. The first-order chi connectivity index (χ1) is 15.2. The van der Waals surface area contributed by atoms with Gasteiger partial charge in [0.1, 0.15) is 18.2 Å². The van der Waals surface area contributed by atoms with Crippen LogP contribution in [0.2, 0.25) is 0 Å². The SMILES string of the molecule is CCOCCOc1cc(C)ccc1CNC(=NC)NCCCc1nc2ccccc2[nH]1.I. The molecule has 0 aliphatic carbocycles. The minimum absolute atomic E-state index is 0. The summed E-state index contributed by atoms with van der Waals surface area (Å²) in [5.74, 6) is 2.66. The predicted octanol–water partition coefficient (Wildman–Crippen LogP) is 4.20. The molecule has 0 bridgehead atoms. The highest BCUT2D eigenvalue weighted by Crippen LogP contribution is 2.20. The molecule has 0 aliphatic heterocycles. The van der Waals surface area contributed by atoms with Gasteiger partial charge in [-0.05, 0) is 44.0 Å². The van der Waals surface area contributed by atoms with Crippen molar-refractivity contribution in [2.24, 2.45) is 4.99 Å². The average molecular weight is 551 g/mol. The number of guanidine groups is 1. The Balaban J connectivity index is 0.00000363. The van der Waals surface area contributed by atoms with Gasteiger partial charge in [-0.25, -0.2) is 4.98 Å². The van der Waals surface area contributed by atoms with E-state index < -0.39 is 0 Å². The van der Waals surface area contributed by atoms with Crippen LogP contribution in [0.15, 0.2) is 47.5 Å². The van der Waals surface area contributed by atoms with Crippen LogP contribution in [0, 0.1) is 6.92 Å². The maximum absolute atomic E-state index is 5.92. The molecular weight excluding hydrogens is 517 g/mol. The molecule has 3 aromatic rings. The van der Waals surface area contributed by atoms with Crippen LogP contribution >= 0.6 is 24.0 Å². The molecule has 0 saturated heterocycles. The zero-order chi connectivity index (χ0) is 21.9. The van der Waals surface area contributed by atoms with Crippen LogP contribution in [0.3, 0.4) is 0 Å². The third kappa shape index (κ3) is 7.98. The number of fused-ring (bicyclic) bond motifs is 1. The summed E-state index contributed by atoms with van der Waals surface area (Å²) in [5, 5.41) is 6.74. The van der Waals surface area contributed by atoms with Crippen molar-refractivity contribution in [1.29, 1.82) is 0 Å². The van der Waals surface area contributed by atoms with E-state index in [1.54, 1.807) is 7.05 Å². The van der Waals surface area contributed by atoms with Gasteiger partial charge < -0.3 is 25.1 Å². The number of H-pyrrole nitrogens is 1. The summed E-state index contributed by atoms with van der Waals surface area (Å²) in [6, 6.07) is 14.4. The summed E-state index contributed by atoms with van der Waals surface area (Å²) < 4.78 is 11.3. The van der Waals surface area contributed by atoms with Crippen LogP contribution in [0.4, 0.5) is 0 Å². The Labute approximate surface area is 207 Å². The molecule has 0 atom stereocenters. The van der Waals surface area contributed by atoms with Crippen LogP contribution < -0.4 is 15.4 Å². The second kappa shape index (κ2) is 13.9. The molecule has 0 radical (unpaired) electrons. The van der Waals surface area contributed by atoms with E-state index in [1.165, 1.54) is 5.56 Å². The fourth-order valence-electron chi connectivity index (χ4n) is 3.28. The monoisotopic (exact) mass is 551 g/mol. The van der Waals surface area contributed by atoms with Crippen molar-refractivity contribution in [2.75, 3.05) is 33.4 Å². The molecule has 0 aliphatic rings. The number of nitrogens with one attached hydrogen (secondary N) is 3. The number of aromatic amines is 1. The second-order valence-electron chi connectivity index (χ2n) is 7.31. The van der Waals surface area contributed by atoms with E-state index in [1.807, 2.05) is 25.1 Å². The van der Waals surface area contributed by atoms with Gasteiger partial charge in [-0.2, -0.15) is 0 Å². The number of nitrogens with zero attached hydrogens (tertiary/aromatic N) is 2. The molecule has 0 spiro atoms. The number of aryl methyl sites for hydroxylation is 2. The summed E-state index contributed by atoms with van der Waals surface area (Å²) in [5.41, 5.74) is 4.36. The molecule has 3 N–H and O–H groups in total. The topological polar surface area (TPSA) is 83.6 Å². The van der Waals surface area contributed by atoms with E-state index in [0.29, 0.717) is 26.4 Å². The highest BCUT2D eigenvalue weighted by Gasteiger charge is 2.07. The number of para-hydroxylation sites is 2. The molecule has 1 heterocycles. The number of rotatable bonds is 11. The van der Waals surface area contributed by atoms with Crippen molar-refractivity contribution in [3.8, 4) is 5.75 Å². The zero-order valence-corrected chi connectivity index (χ0v) is 21.4. The molecule has 2 aromatic carbocycles. The number of imidazole rings is 1. The molecule has 3 rings (SSSR count). The molecular formula is C24H34IN5O2. The number of hydrogen-bond acceptors (Lipinski definition) is 4. The average Bonchev–Trinajstić information content (AvgIpc) is 3.20. The largest absolute Gasteiger partial charge is 0.491 e. The number of hydrogen-bond donors (Lipinski definition) is 3. The maximum atomic E-state index is 5.92. The van der Waals surface area contributed by atoms with Gasteiger partial charge >= 0.3 is 0 Å². The Morgan fingerprint density at radius 3 is 2.75 bits per heavy atom. The zero-order valence-electron chi connectivity index (χ0n) is 19.1. The molecule has 0 unspecified atom stereocenters. The summed E-state index contributed by atoms with van der Waals surface area (Å²) in [6.45, 7) is 7.32. The van der Waals surface area contributed by atoms with Crippen molar-refractivity contribution in [3.63, 3.8) is 0 Å². The normalized spacial score (nSPS) is 11.3. The highest BCUT2D eigenvalue weighted by molar-refractivity contribution is 14.0. The molecule has 0 fully saturated rings. The summed E-state index contributed by atoms with van der Waals surface area (Å²) >= 11 is 0. The third-order valence-electron chi connectivity index (χ3n) is 4.90. The fourth-order valence-corrected chi connectivity index (χ4v) is 3.28. The van der Waals surface area contributed by atoms with Crippen molar-refractivity contribution in [2.45, 2.75) is 33.2 Å². The van der Waals surface area contributed by atoms with Crippen LogP contribution in [-0.4, -0.2) is 49.3 Å². The summed E-state index contributed by atoms with van der Waals surface area (Å²) in [6.07, 6.45) is 1.84. The lowest BCUT2D eigenvalue weighted by atomic mass is 10.1. The third-order valence-corrected chi connectivity index (χ3v) is 4.90. The Morgan fingerprint density at radius 1 is 1.12 bits per heavy atom. The predicted molar refractivity (Wildman–Crippen MR) is 141 cm³/mol. The Kier molecular flexibility index (Phi) is 11.3. The lowest BCUT2D eigenvalue weighted by Crippen LogP contribution is -2.37. The van der Waals surface area contributed by atoms with Gasteiger partial charge in [0.05, 0.1) is 17.6 Å². The van der Waals surface area contributed by atoms with Gasteiger partial charge in [-0.3, -0.25) is 4.99 Å². The number of ether oxygens (including phenoxy) is 2. The smallest absolute Gasteiger partial charge is 0.191 e. The van der Waals surface area contributed by atoms with Crippen molar-refractivity contribution in [1.82, 2.24) is 20.6 Å². The maximum Gasteiger partial charge on any atom is 0.191 e. The molecule has 174 valence electrons. The standard InChI is InChI=1S/C24H33N5O2.HI/c1-4-30-14-15-31-22-16-18(2)11-12-19(22)17-27-24(25-3)26-13-7-10-23-28-20-8-5-6-9-21(20)29-23;/h5-6,8-9,11-12,16H,4,7,10,13-15,17H2,1-3H3,(H,28,29)(H2,25,26,27);1H. The summed E-state index contributed by atoms with van der Waals surface area (Å²) in [7, 11) is 1.78. The van der Waals surface area contributed by atoms with Gasteiger partial charge in [0.2, 0.25) is 0 Å². The molecule has 1 aromatic heterocycles. The van der Waals surface area contributed by atoms with Gasteiger partial charge in [-0.1, -0.05) is 24.3 Å². The van der Waals surface area contributed by atoms with E-state index in [4.69, 9.17) is 9.47 Å².